The Bertz CT molecular complexity index is 1210. The number of amides is 1. The van der Waals surface area contributed by atoms with Gasteiger partial charge in [0.15, 0.2) is 0 Å². The van der Waals surface area contributed by atoms with Crippen molar-refractivity contribution < 1.29 is 9.53 Å². The molecule has 3 heterocycles. The molecular weight excluding hydrogens is 436 g/mol. The Hall–Kier alpha value is -2.87. The van der Waals surface area contributed by atoms with Gasteiger partial charge in [-0.05, 0) is 55.0 Å². The van der Waals surface area contributed by atoms with Gasteiger partial charge in [-0.1, -0.05) is 6.92 Å². The van der Waals surface area contributed by atoms with Crippen LogP contribution in [-0.2, 0) is 24.1 Å². The standard InChI is InChI=1S/C25H30N4O3S/c1-16-3-8-19-20(15-16)33-25-23(19)24(31)26-21(27-25)9-10-22(30)29-13-11-28(12-14-29)17-4-6-18(32-2)7-5-17/h4-7,16H,3,8-15H2,1-2H3,(H,26,27,31)/t16-/m0/s1. The molecule has 5 rings (SSSR count). The Balaban J connectivity index is 1.19. The number of piperazine rings is 1. The zero-order valence-corrected chi connectivity index (χ0v) is 20.0. The van der Waals surface area contributed by atoms with Crippen molar-refractivity contribution in [2.45, 2.75) is 39.0 Å². The van der Waals surface area contributed by atoms with Gasteiger partial charge in [-0.15, -0.1) is 11.3 Å². The molecule has 2 aromatic heterocycles. The Morgan fingerprint density at radius 3 is 2.70 bits per heavy atom. The molecule has 1 saturated heterocycles. The summed E-state index contributed by atoms with van der Waals surface area (Å²) < 4.78 is 5.23. The summed E-state index contributed by atoms with van der Waals surface area (Å²) in [6.45, 7) is 5.27. The number of nitrogens with one attached hydrogen (secondary N) is 1. The molecule has 174 valence electrons. The summed E-state index contributed by atoms with van der Waals surface area (Å²) in [4.78, 5) is 39.6. The van der Waals surface area contributed by atoms with Crippen molar-refractivity contribution >= 4 is 33.1 Å². The third kappa shape index (κ3) is 4.49. The van der Waals surface area contributed by atoms with Gasteiger partial charge in [0.05, 0.1) is 12.5 Å². The highest BCUT2D eigenvalue weighted by Crippen LogP contribution is 2.35. The normalized spacial score (nSPS) is 18.4. The van der Waals surface area contributed by atoms with Crippen molar-refractivity contribution in [2.75, 3.05) is 38.2 Å². The highest BCUT2D eigenvalue weighted by Gasteiger charge is 2.24. The van der Waals surface area contributed by atoms with E-state index in [1.807, 2.05) is 17.0 Å². The highest BCUT2D eigenvalue weighted by molar-refractivity contribution is 7.18. The van der Waals surface area contributed by atoms with Crippen LogP contribution in [0.25, 0.3) is 10.2 Å². The van der Waals surface area contributed by atoms with Crippen LogP contribution >= 0.6 is 11.3 Å². The number of H-pyrrole nitrogens is 1. The van der Waals surface area contributed by atoms with E-state index in [-0.39, 0.29) is 11.5 Å². The van der Waals surface area contributed by atoms with E-state index in [9.17, 15) is 9.59 Å². The number of nitrogens with zero attached hydrogens (tertiary/aromatic N) is 3. The molecule has 0 unspecified atom stereocenters. The van der Waals surface area contributed by atoms with E-state index < -0.39 is 0 Å². The molecule has 7 nitrogen and oxygen atoms in total. The first-order valence-electron chi connectivity index (χ1n) is 11.7. The van der Waals surface area contributed by atoms with Crippen LogP contribution in [0.4, 0.5) is 5.69 Å². The fourth-order valence-electron chi connectivity index (χ4n) is 4.90. The third-order valence-corrected chi connectivity index (χ3v) is 8.01. The second-order valence-electron chi connectivity index (χ2n) is 9.11. The van der Waals surface area contributed by atoms with Gasteiger partial charge < -0.3 is 19.5 Å². The van der Waals surface area contributed by atoms with Gasteiger partial charge in [0, 0.05) is 49.6 Å². The minimum atomic E-state index is -0.0531. The molecule has 1 aromatic carbocycles. The van der Waals surface area contributed by atoms with Crippen molar-refractivity contribution in [3.05, 3.63) is 50.9 Å². The first-order chi connectivity index (χ1) is 16.0. The van der Waals surface area contributed by atoms with Gasteiger partial charge in [-0.3, -0.25) is 9.59 Å². The lowest BCUT2D eigenvalue weighted by molar-refractivity contribution is -0.131. The van der Waals surface area contributed by atoms with Crippen LogP contribution in [0.15, 0.2) is 29.1 Å². The molecule has 3 aromatic rings. The highest BCUT2D eigenvalue weighted by atomic mass is 32.1. The number of carbonyl (C=O) groups is 1. The topological polar surface area (TPSA) is 78.5 Å². The summed E-state index contributed by atoms with van der Waals surface area (Å²) in [5, 5.41) is 0.770. The number of methoxy groups -OCH3 is 1. The minimum absolute atomic E-state index is 0.0531. The molecule has 8 heteroatoms. The third-order valence-electron chi connectivity index (χ3n) is 6.86. The van der Waals surface area contributed by atoms with Crippen LogP contribution in [0, 0.1) is 5.92 Å². The summed E-state index contributed by atoms with van der Waals surface area (Å²) in [7, 11) is 1.66. The number of hydrogen-bond acceptors (Lipinski definition) is 6. The smallest absolute Gasteiger partial charge is 0.259 e. The van der Waals surface area contributed by atoms with Crippen molar-refractivity contribution in [2.24, 2.45) is 5.92 Å². The molecule has 0 bridgehead atoms. The molecule has 1 aliphatic carbocycles. The fourth-order valence-corrected chi connectivity index (χ4v) is 6.30. The molecule has 0 radical (unpaired) electrons. The molecular formula is C25H30N4O3S. The Kier molecular flexibility index (Phi) is 6.10. The second kappa shape index (κ2) is 9.17. The summed E-state index contributed by atoms with van der Waals surface area (Å²) in [5.41, 5.74) is 2.29. The quantitative estimate of drug-likeness (QED) is 0.624. The lowest BCUT2D eigenvalue weighted by Gasteiger charge is -2.36. The van der Waals surface area contributed by atoms with Crippen LogP contribution < -0.4 is 15.2 Å². The monoisotopic (exact) mass is 466 g/mol. The number of hydrogen-bond donors (Lipinski definition) is 1. The van der Waals surface area contributed by atoms with E-state index in [1.165, 1.54) is 10.4 Å². The number of rotatable bonds is 5. The number of thiophene rings is 1. The van der Waals surface area contributed by atoms with Crippen LogP contribution in [0.2, 0.25) is 0 Å². The van der Waals surface area contributed by atoms with Crippen molar-refractivity contribution in [1.82, 2.24) is 14.9 Å². The SMILES string of the molecule is COc1ccc(N2CCN(C(=O)CCc3nc4sc5c(c4c(=O)[nH]3)CC[C@H](C)C5)CC2)cc1. The number of aryl methyl sites for hydroxylation is 2. The number of anilines is 1. The number of benzene rings is 1. The summed E-state index contributed by atoms with van der Waals surface area (Å²) in [6, 6.07) is 8.03. The Labute approximate surface area is 197 Å². The molecule has 1 fully saturated rings. The van der Waals surface area contributed by atoms with E-state index in [0.717, 1.165) is 54.0 Å². The molecule has 1 N–H and O–H groups in total. The van der Waals surface area contributed by atoms with Gasteiger partial charge in [0.2, 0.25) is 5.91 Å². The summed E-state index contributed by atoms with van der Waals surface area (Å²) in [5.74, 6) is 2.23. The number of aromatic nitrogens is 2. The zero-order valence-electron chi connectivity index (χ0n) is 19.2. The predicted molar refractivity (Wildman–Crippen MR) is 132 cm³/mol. The van der Waals surface area contributed by atoms with Crippen LogP contribution in [-0.4, -0.2) is 54.1 Å². The van der Waals surface area contributed by atoms with Crippen molar-refractivity contribution in [1.29, 1.82) is 0 Å². The summed E-state index contributed by atoms with van der Waals surface area (Å²) >= 11 is 1.65. The lowest BCUT2D eigenvalue weighted by Crippen LogP contribution is -2.48. The van der Waals surface area contributed by atoms with Gasteiger partial charge in [-0.25, -0.2) is 4.98 Å². The maximum Gasteiger partial charge on any atom is 0.259 e. The average molecular weight is 467 g/mol. The largest absolute Gasteiger partial charge is 0.497 e. The van der Waals surface area contributed by atoms with E-state index in [1.54, 1.807) is 18.4 Å². The van der Waals surface area contributed by atoms with Gasteiger partial charge >= 0.3 is 0 Å². The minimum Gasteiger partial charge on any atom is -0.497 e. The Morgan fingerprint density at radius 2 is 1.97 bits per heavy atom. The molecule has 2 aliphatic rings. The molecule has 0 saturated carbocycles. The van der Waals surface area contributed by atoms with E-state index in [4.69, 9.17) is 9.72 Å². The maximum absolute atomic E-state index is 12.8. The molecule has 1 aliphatic heterocycles. The summed E-state index contributed by atoms with van der Waals surface area (Å²) in [6.07, 6.45) is 3.94. The average Bonchev–Trinajstić information content (AvgIpc) is 3.20. The van der Waals surface area contributed by atoms with E-state index in [2.05, 4.69) is 28.9 Å². The lowest BCUT2D eigenvalue weighted by atomic mass is 9.89. The maximum atomic E-state index is 12.8. The van der Waals surface area contributed by atoms with Crippen LogP contribution in [0.3, 0.4) is 0 Å². The van der Waals surface area contributed by atoms with Crippen LogP contribution in [0.1, 0.15) is 36.0 Å². The fraction of sp³-hybridized carbons (Fsp3) is 0.480. The molecule has 1 atom stereocenters. The van der Waals surface area contributed by atoms with Crippen LogP contribution in [0.5, 0.6) is 5.75 Å². The van der Waals surface area contributed by atoms with Gasteiger partial charge in [0.1, 0.15) is 16.4 Å². The first kappa shape index (κ1) is 21.9. The number of aromatic amines is 1. The van der Waals surface area contributed by atoms with E-state index >= 15 is 0 Å². The van der Waals surface area contributed by atoms with Gasteiger partial charge in [0.25, 0.3) is 5.56 Å². The Morgan fingerprint density at radius 1 is 1.21 bits per heavy atom. The number of ether oxygens (including phenoxy) is 1. The van der Waals surface area contributed by atoms with Crippen molar-refractivity contribution in [3.8, 4) is 5.75 Å². The predicted octanol–water partition coefficient (Wildman–Crippen LogP) is 3.40. The number of carbonyl (C=O) groups excluding carboxylic acids is 1. The number of fused-ring (bicyclic) bond motifs is 3. The zero-order chi connectivity index (χ0) is 22.9. The van der Waals surface area contributed by atoms with Crippen molar-refractivity contribution in [3.63, 3.8) is 0 Å². The molecule has 0 spiro atoms. The first-order valence-corrected chi connectivity index (χ1v) is 12.5. The van der Waals surface area contributed by atoms with E-state index in [0.29, 0.717) is 37.7 Å². The van der Waals surface area contributed by atoms with Gasteiger partial charge in [-0.2, -0.15) is 0 Å². The second-order valence-corrected chi connectivity index (χ2v) is 10.2. The molecule has 33 heavy (non-hydrogen) atoms. The molecule has 1 amide bonds.